The van der Waals surface area contributed by atoms with Gasteiger partial charge in [0.1, 0.15) is 0 Å². The van der Waals surface area contributed by atoms with Gasteiger partial charge in [0.2, 0.25) is 0 Å². The van der Waals surface area contributed by atoms with Crippen LogP contribution >= 0.6 is 0 Å². The van der Waals surface area contributed by atoms with Gasteiger partial charge in [-0.25, -0.2) is 0 Å². The number of carbonyl (C=O) groups excluding carboxylic acids is 2. The highest BCUT2D eigenvalue weighted by molar-refractivity contribution is 6.02. The molecule has 1 heterocycles. The quantitative estimate of drug-likeness (QED) is 0.653. The molecule has 2 aromatic carbocycles. The molecule has 2 amide bonds. The number of aryl methyl sites for hydroxylation is 2. The molecule has 0 fully saturated rings. The average Bonchev–Trinajstić information content (AvgIpc) is 3.29. The summed E-state index contributed by atoms with van der Waals surface area (Å²) in [7, 11) is 0. The van der Waals surface area contributed by atoms with Gasteiger partial charge in [0.15, 0.2) is 5.76 Å². The van der Waals surface area contributed by atoms with Crippen LogP contribution in [0, 0.1) is 0 Å². The van der Waals surface area contributed by atoms with E-state index in [1.54, 1.807) is 36.4 Å². The zero-order valence-corrected chi connectivity index (χ0v) is 16.4. The maximum absolute atomic E-state index is 12.6. The Morgan fingerprint density at radius 3 is 2.41 bits per heavy atom. The molecule has 29 heavy (non-hydrogen) atoms. The van der Waals surface area contributed by atoms with Gasteiger partial charge in [-0.05, 0) is 85.7 Å². The lowest BCUT2D eigenvalue weighted by molar-refractivity contribution is 0.0939. The molecule has 0 spiro atoms. The van der Waals surface area contributed by atoms with Crippen LogP contribution in [0.4, 0.5) is 5.69 Å². The minimum Gasteiger partial charge on any atom is -0.459 e. The van der Waals surface area contributed by atoms with E-state index in [2.05, 4.69) is 28.8 Å². The monoisotopic (exact) mass is 388 g/mol. The number of furan rings is 1. The first kappa shape index (κ1) is 19.0. The minimum absolute atomic E-state index is 0.0759. The molecular weight excluding hydrogens is 364 g/mol. The van der Waals surface area contributed by atoms with Gasteiger partial charge in [0.05, 0.1) is 12.3 Å². The third-order valence-corrected chi connectivity index (χ3v) is 5.37. The van der Waals surface area contributed by atoms with Crippen LogP contribution in [0.1, 0.15) is 63.4 Å². The van der Waals surface area contributed by atoms with Crippen molar-refractivity contribution in [3.63, 3.8) is 0 Å². The van der Waals surface area contributed by atoms with E-state index in [9.17, 15) is 9.59 Å². The molecule has 0 aliphatic heterocycles. The average molecular weight is 388 g/mol. The van der Waals surface area contributed by atoms with E-state index in [1.807, 2.05) is 6.92 Å². The van der Waals surface area contributed by atoms with E-state index in [1.165, 1.54) is 30.2 Å². The summed E-state index contributed by atoms with van der Waals surface area (Å²) in [6.45, 7) is 2.00. The van der Waals surface area contributed by atoms with Crippen LogP contribution in [0.3, 0.4) is 0 Å². The number of hydrogen-bond donors (Lipinski definition) is 2. The van der Waals surface area contributed by atoms with Crippen molar-refractivity contribution >= 4 is 17.5 Å². The molecular formula is C24H24N2O3. The molecule has 1 atom stereocenters. The second kappa shape index (κ2) is 8.35. The predicted molar refractivity (Wildman–Crippen MR) is 112 cm³/mol. The van der Waals surface area contributed by atoms with Gasteiger partial charge in [-0.1, -0.05) is 18.2 Å². The van der Waals surface area contributed by atoms with Crippen molar-refractivity contribution in [2.24, 2.45) is 0 Å². The number of hydrogen-bond acceptors (Lipinski definition) is 3. The lowest BCUT2D eigenvalue weighted by atomic mass is 9.89. The number of benzene rings is 2. The highest BCUT2D eigenvalue weighted by atomic mass is 16.3. The first-order chi connectivity index (χ1) is 14.1. The largest absolute Gasteiger partial charge is 0.459 e. The van der Waals surface area contributed by atoms with Crippen LogP contribution in [0.2, 0.25) is 0 Å². The highest BCUT2D eigenvalue weighted by Crippen LogP contribution is 2.25. The predicted octanol–water partition coefficient (Wildman–Crippen LogP) is 4.90. The van der Waals surface area contributed by atoms with Crippen molar-refractivity contribution in [2.75, 3.05) is 5.32 Å². The Bertz CT molecular complexity index is 1010. The fourth-order valence-electron chi connectivity index (χ4n) is 3.69. The molecule has 2 N–H and O–H groups in total. The van der Waals surface area contributed by atoms with E-state index in [4.69, 9.17) is 4.42 Å². The SMILES string of the molecule is CC(NC(=O)c1ccc(NC(=O)c2ccco2)cc1)c1ccc2c(c1)CCCC2. The number of fused-ring (bicyclic) bond motifs is 1. The Hall–Kier alpha value is -3.34. The van der Waals surface area contributed by atoms with Gasteiger partial charge in [0.25, 0.3) is 11.8 Å². The van der Waals surface area contributed by atoms with Crippen molar-refractivity contribution in [3.05, 3.63) is 88.9 Å². The second-order valence-electron chi connectivity index (χ2n) is 7.44. The van der Waals surface area contributed by atoms with Crippen molar-refractivity contribution < 1.29 is 14.0 Å². The normalized spacial score (nSPS) is 14.0. The molecule has 3 aromatic rings. The van der Waals surface area contributed by atoms with Crippen molar-refractivity contribution in [1.82, 2.24) is 5.32 Å². The van der Waals surface area contributed by atoms with Gasteiger partial charge >= 0.3 is 0 Å². The van der Waals surface area contributed by atoms with Crippen LogP contribution in [-0.2, 0) is 12.8 Å². The third kappa shape index (κ3) is 4.40. The molecule has 0 saturated heterocycles. The minimum atomic E-state index is -0.326. The summed E-state index contributed by atoms with van der Waals surface area (Å²) in [6, 6.07) is 16.5. The van der Waals surface area contributed by atoms with Gasteiger partial charge in [-0.3, -0.25) is 9.59 Å². The lowest BCUT2D eigenvalue weighted by Gasteiger charge is -2.20. The fourth-order valence-corrected chi connectivity index (χ4v) is 3.69. The number of rotatable bonds is 5. The van der Waals surface area contributed by atoms with E-state index >= 15 is 0 Å². The first-order valence-corrected chi connectivity index (χ1v) is 9.97. The Labute approximate surface area is 170 Å². The molecule has 148 valence electrons. The third-order valence-electron chi connectivity index (χ3n) is 5.37. The molecule has 0 bridgehead atoms. The summed E-state index contributed by atoms with van der Waals surface area (Å²) < 4.78 is 5.07. The van der Waals surface area contributed by atoms with E-state index < -0.39 is 0 Å². The van der Waals surface area contributed by atoms with Gasteiger partial charge in [0, 0.05) is 11.3 Å². The standard InChI is InChI=1S/C24H24N2O3/c1-16(19-9-8-17-5-2-3-6-20(17)15-19)25-23(27)18-10-12-21(13-11-18)26-24(28)22-7-4-14-29-22/h4,7-16H,2-3,5-6H2,1H3,(H,25,27)(H,26,28). The molecule has 5 nitrogen and oxygen atoms in total. The second-order valence-corrected chi connectivity index (χ2v) is 7.44. The van der Waals surface area contributed by atoms with Crippen LogP contribution in [0.5, 0.6) is 0 Å². The van der Waals surface area contributed by atoms with Crippen LogP contribution < -0.4 is 10.6 Å². The Kier molecular flexibility index (Phi) is 5.47. The maximum Gasteiger partial charge on any atom is 0.291 e. The zero-order chi connectivity index (χ0) is 20.2. The topological polar surface area (TPSA) is 71.3 Å². The molecule has 1 aliphatic rings. The summed E-state index contributed by atoms with van der Waals surface area (Å²) >= 11 is 0. The summed E-state index contributed by atoms with van der Waals surface area (Å²) in [5, 5.41) is 5.80. The molecule has 5 heteroatoms. The Morgan fingerprint density at radius 1 is 0.931 bits per heavy atom. The van der Waals surface area contributed by atoms with Crippen molar-refractivity contribution in [2.45, 2.75) is 38.6 Å². The molecule has 0 radical (unpaired) electrons. The number of nitrogens with one attached hydrogen (secondary N) is 2. The summed E-state index contributed by atoms with van der Waals surface area (Å²) in [5.74, 6) is -0.224. The highest BCUT2D eigenvalue weighted by Gasteiger charge is 2.15. The summed E-state index contributed by atoms with van der Waals surface area (Å²) in [6.07, 6.45) is 6.22. The van der Waals surface area contributed by atoms with Crippen molar-refractivity contribution in [3.8, 4) is 0 Å². The van der Waals surface area contributed by atoms with Gasteiger partial charge in [-0.2, -0.15) is 0 Å². The Morgan fingerprint density at radius 2 is 1.69 bits per heavy atom. The smallest absolute Gasteiger partial charge is 0.291 e. The number of anilines is 1. The zero-order valence-electron chi connectivity index (χ0n) is 16.4. The van der Waals surface area contributed by atoms with Gasteiger partial charge in [-0.15, -0.1) is 0 Å². The molecule has 4 rings (SSSR count). The summed E-state index contributed by atoms with van der Waals surface area (Å²) in [5.41, 5.74) is 5.12. The lowest BCUT2D eigenvalue weighted by Crippen LogP contribution is -2.26. The number of amides is 2. The van der Waals surface area contributed by atoms with Crippen LogP contribution in [0.15, 0.2) is 65.3 Å². The maximum atomic E-state index is 12.6. The van der Waals surface area contributed by atoms with Crippen LogP contribution in [-0.4, -0.2) is 11.8 Å². The van der Waals surface area contributed by atoms with Crippen LogP contribution in [0.25, 0.3) is 0 Å². The fraction of sp³-hybridized carbons (Fsp3) is 0.250. The number of carbonyl (C=O) groups is 2. The van der Waals surface area contributed by atoms with Gasteiger partial charge < -0.3 is 15.1 Å². The molecule has 1 unspecified atom stereocenters. The van der Waals surface area contributed by atoms with E-state index in [0.717, 1.165) is 18.4 Å². The molecule has 0 saturated carbocycles. The van der Waals surface area contributed by atoms with E-state index in [0.29, 0.717) is 11.3 Å². The van der Waals surface area contributed by atoms with E-state index in [-0.39, 0.29) is 23.6 Å². The Balaban J connectivity index is 1.38. The first-order valence-electron chi connectivity index (χ1n) is 9.97. The van der Waals surface area contributed by atoms with Crippen molar-refractivity contribution in [1.29, 1.82) is 0 Å². The molecule has 1 aliphatic carbocycles. The molecule has 1 aromatic heterocycles. The summed E-state index contributed by atoms with van der Waals surface area (Å²) in [4.78, 5) is 24.6.